The molecule has 2 N–H and O–H groups in total. The lowest BCUT2D eigenvalue weighted by Gasteiger charge is -2.25. The first-order chi connectivity index (χ1) is 13.7. The standard InChI is InChI=1S/C19H24ClN3O5S/c1-4-6-9-23(5-2)18-16(10-13(12-21-18)19(24)25)22-29(26,27)14-7-8-17(28-3)15(20)11-14/h7-8,10-12,22H,4-6,9H2,1-3H3,(H,24,25). The molecule has 2 aromatic rings. The number of anilines is 2. The fourth-order valence-electron chi connectivity index (χ4n) is 2.68. The number of nitrogens with zero attached hydrogens (tertiary/aromatic N) is 2. The Morgan fingerprint density at radius 2 is 2.03 bits per heavy atom. The molecule has 0 unspecified atom stereocenters. The fraction of sp³-hybridized carbons (Fsp3) is 0.368. The summed E-state index contributed by atoms with van der Waals surface area (Å²) in [5.41, 5.74) is -0.0273. The normalized spacial score (nSPS) is 11.2. The number of hydrogen-bond donors (Lipinski definition) is 2. The Morgan fingerprint density at radius 1 is 1.31 bits per heavy atom. The molecule has 0 amide bonds. The van der Waals surface area contributed by atoms with E-state index in [0.29, 0.717) is 24.7 Å². The summed E-state index contributed by atoms with van der Waals surface area (Å²) < 4.78 is 33.3. The molecule has 8 nitrogen and oxygen atoms in total. The molecule has 0 aliphatic rings. The third-order valence-electron chi connectivity index (χ3n) is 4.25. The molecular weight excluding hydrogens is 418 g/mol. The monoisotopic (exact) mass is 441 g/mol. The number of carboxylic acid groups (broad SMARTS) is 1. The van der Waals surface area contributed by atoms with Crippen molar-refractivity contribution in [2.24, 2.45) is 0 Å². The maximum atomic E-state index is 12.9. The summed E-state index contributed by atoms with van der Waals surface area (Å²) in [6.07, 6.45) is 3.06. The molecule has 1 aromatic carbocycles. The van der Waals surface area contributed by atoms with Crippen LogP contribution in [0.2, 0.25) is 5.02 Å². The highest BCUT2D eigenvalue weighted by molar-refractivity contribution is 7.92. The van der Waals surface area contributed by atoms with Gasteiger partial charge in [0.1, 0.15) is 5.75 Å². The molecule has 0 saturated heterocycles. The van der Waals surface area contributed by atoms with Crippen LogP contribution in [-0.4, -0.2) is 44.7 Å². The highest BCUT2D eigenvalue weighted by atomic mass is 35.5. The highest BCUT2D eigenvalue weighted by Gasteiger charge is 2.22. The molecule has 1 heterocycles. The van der Waals surface area contributed by atoms with Gasteiger partial charge < -0.3 is 14.7 Å². The second-order valence-corrected chi connectivity index (χ2v) is 8.32. The van der Waals surface area contributed by atoms with E-state index in [2.05, 4.69) is 9.71 Å². The van der Waals surface area contributed by atoms with E-state index in [1.54, 1.807) is 0 Å². The van der Waals surface area contributed by atoms with Gasteiger partial charge in [-0.2, -0.15) is 0 Å². The number of aromatic carboxylic acids is 1. The molecule has 0 radical (unpaired) electrons. The predicted molar refractivity (Wildman–Crippen MR) is 113 cm³/mol. The molecule has 2 rings (SSSR count). The average molecular weight is 442 g/mol. The van der Waals surface area contributed by atoms with Crippen LogP contribution in [0, 0.1) is 0 Å². The molecule has 1 aromatic heterocycles. The Kier molecular flexibility index (Phi) is 7.69. The van der Waals surface area contributed by atoms with Crippen molar-refractivity contribution in [2.45, 2.75) is 31.6 Å². The van der Waals surface area contributed by atoms with Gasteiger partial charge in [-0.1, -0.05) is 24.9 Å². The van der Waals surface area contributed by atoms with E-state index in [-0.39, 0.29) is 21.2 Å². The van der Waals surface area contributed by atoms with Crippen molar-refractivity contribution in [3.05, 3.63) is 41.0 Å². The molecular formula is C19H24ClN3O5S. The number of aromatic nitrogens is 1. The SMILES string of the molecule is CCCCN(CC)c1ncc(C(=O)O)cc1NS(=O)(=O)c1ccc(OC)c(Cl)c1. The van der Waals surface area contributed by atoms with Crippen molar-refractivity contribution in [1.82, 2.24) is 4.98 Å². The lowest BCUT2D eigenvalue weighted by Crippen LogP contribution is -2.27. The lowest BCUT2D eigenvalue weighted by molar-refractivity contribution is 0.0696. The number of halogens is 1. The predicted octanol–water partition coefficient (Wildman–Crippen LogP) is 3.87. The summed E-state index contributed by atoms with van der Waals surface area (Å²) in [7, 11) is -2.61. The van der Waals surface area contributed by atoms with E-state index < -0.39 is 16.0 Å². The van der Waals surface area contributed by atoms with Crippen LogP contribution < -0.4 is 14.4 Å². The highest BCUT2D eigenvalue weighted by Crippen LogP contribution is 2.30. The molecule has 0 bridgehead atoms. The van der Waals surface area contributed by atoms with Crippen LogP contribution in [0.15, 0.2) is 35.4 Å². The van der Waals surface area contributed by atoms with Crippen LogP contribution in [-0.2, 0) is 10.0 Å². The number of sulfonamides is 1. The van der Waals surface area contributed by atoms with E-state index in [4.69, 9.17) is 16.3 Å². The Bertz CT molecular complexity index is 982. The second-order valence-electron chi connectivity index (χ2n) is 6.24. The van der Waals surface area contributed by atoms with Crippen molar-refractivity contribution >= 4 is 39.1 Å². The molecule has 10 heteroatoms. The number of carboxylic acids is 1. The average Bonchev–Trinajstić information content (AvgIpc) is 2.68. The first-order valence-corrected chi connectivity index (χ1v) is 10.9. The third kappa shape index (κ3) is 5.51. The minimum Gasteiger partial charge on any atom is -0.495 e. The largest absolute Gasteiger partial charge is 0.495 e. The van der Waals surface area contributed by atoms with Gasteiger partial charge in [-0.15, -0.1) is 0 Å². The van der Waals surface area contributed by atoms with Crippen LogP contribution in [0.4, 0.5) is 11.5 Å². The Labute approximate surface area is 175 Å². The van der Waals surface area contributed by atoms with Crippen LogP contribution >= 0.6 is 11.6 Å². The van der Waals surface area contributed by atoms with Crippen molar-refractivity contribution in [1.29, 1.82) is 0 Å². The fourth-order valence-corrected chi connectivity index (χ4v) is 4.08. The number of hydrogen-bond acceptors (Lipinski definition) is 6. The van der Waals surface area contributed by atoms with Crippen molar-refractivity contribution in [3.63, 3.8) is 0 Å². The third-order valence-corrected chi connectivity index (χ3v) is 5.91. The second kappa shape index (κ2) is 9.80. The van der Waals surface area contributed by atoms with Crippen LogP contribution in [0.25, 0.3) is 0 Å². The summed E-state index contributed by atoms with van der Waals surface area (Å²) in [5.74, 6) is -0.486. The molecule has 0 aliphatic heterocycles. The van der Waals surface area contributed by atoms with Crippen LogP contribution in [0.5, 0.6) is 5.75 Å². The maximum absolute atomic E-state index is 12.9. The number of carbonyl (C=O) groups is 1. The van der Waals surface area contributed by atoms with E-state index in [0.717, 1.165) is 12.8 Å². The van der Waals surface area contributed by atoms with Crippen molar-refractivity contribution < 1.29 is 23.1 Å². The summed E-state index contributed by atoms with van der Waals surface area (Å²) in [4.78, 5) is 17.4. The number of pyridine rings is 1. The number of methoxy groups -OCH3 is 1. The number of nitrogens with one attached hydrogen (secondary N) is 1. The van der Waals surface area contributed by atoms with E-state index in [1.165, 1.54) is 37.6 Å². The molecule has 158 valence electrons. The number of rotatable bonds is 10. The van der Waals surface area contributed by atoms with Gasteiger partial charge in [0, 0.05) is 19.3 Å². The smallest absolute Gasteiger partial charge is 0.337 e. The molecule has 0 fully saturated rings. The van der Waals surface area contributed by atoms with Gasteiger partial charge in [-0.05, 0) is 37.6 Å². The van der Waals surface area contributed by atoms with Gasteiger partial charge in [0.25, 0.3) is 10.0 Å². The van der Waals surface area contributed by atoms with Gasteiger partial charge in [0.15, 0.2) is 5.82 Å². The first-order valence-electron chi connectivity index (χ1n) is 9.08. The van der Waals surface area contributed by atoms with Crippen molar-refractivity contribution in [3.8, 4) is 5.75 Å². The summed E-state index contributed by atoms with van der Waals surface area (Å²) in [5, 5.41) is 9.43. The molecule has 0 spiro atoms. The Morgan fingerprint density at radius 3 is 2.59 bits per heavy atom. The minimum absolute atomic E-state index is 0.0772. The van der Waals surface area contributed by atoms with Gasteiger partial charge >= 0.3 is 5.97 Å². The van der Waals surface area contributed by atoms with Gasteiger partial charge in [-0.25, -0.2) is 18.2 Å². The Balaban J connectivity index is 2.49. The summed E-state index contributed by atoms with van der Waals surface area (Å²) in [6.45, 7) is 5.22. The van der Waals surface area contributed by atoms with E-state index in [1.807, 2.05) is 18.7 Å². The minimum atomic E-state index is -4.04. The van der Waals surface area contributed by atoms with E-state index >= 15 is 0 Å². The van der Waals surface area contributed by atoms with Crippen LogP contribution in [0.1, 0.15) is 37.0 Å². The number of ether oxygens (including phenoxy) is 1. The van der Waals surface area contributed by atoms with Crippen LogP contribution in [0.3, 0.4) is 0 Å². The zero-order valence-electron chi connectivity index (χ0n) is 16.5. The molecule has 29 heavy (non-hydrogen) atoms. The number of unbranched alkanes of at least 4 members (excludes halogenated alkanes) is 1. The quantitative estimate of drug-likeness (QED) is 0.576. The van der Waals surface area contributed by atoms with Gasteiger partial charge in [0.2, 0.25) is 0 Å². The molecule has 0 atom stereocenters. The first kappa shape index (κ1) is 22.8. The van der Waals surface area contributed by atoms with Gasteiger partial charge in [0.05, 0.1) is 28.3 Å². The van der Waals surface area contributed by atoms with Gasteiger partial charge in [-0.3, -0.25) is 4.72 Å². The number of benzene rings is 1. The van der Waals surface area contributed by atoms with E-state index in [9.17, 15) is 18.3 Å². The molecule has 0 aliphatic carbocycles. The summed E-state index contributed by atoms with van der Waals surface area (Å²) >= 11 is 6.05. The lowest BCUT2D eigenvalue weighted by atomic mass is 10.2. The summed E-state index contributed by atoms with van der Waals surface area (Å²) in [6, 6.07) is 5.34. The molecule has 0 saturated carbocycles. The Hall–Kier alpha value is -2.52. The van der Waals surface area contributed by atoms with Crippen molar-refractivity contribution in [2.75, 3.05) is 29.8 Å². The zero-order chi connectivity index (χ0) is 21.6. The zero-order valence-corrected chi connectivity index (χ0v) is 18.0. The maximum Gasteiger partial charge on any atom is 0.337 e. The topological polar surface area (TPSA) is 109 Å².